The molecule has 0 atom stereocenters. The second-order valence-electron chi connectivity index (χ2n) is 4.11. The van der Waals surface area contributed by atoms with E-state index in [0.29, 0.717) is 5.95 Å². The molecule has 0 fully saturated rings. The van der Waals surface area contributed by atoms with Gasteiger partial charge < -0.3 is 21.3 Å². The zero-order valence-corrected chi connectivity index (χ0v) is 10.8. The Kier molecular flexibility index (Phi) is 5.48. The first kappa shape index (κ1) is 13.5. The molecule has 1 rings (SSSR count). The summed E-state index contributed by atoms with van der Waals surface area (Å²) in [6.07, 6.45) is 1.06. The van der Waals surface area contributed by atoms with Gasteiger partial charge in [-0.25, -0.2) is 0 Å². The van der Waals surface area contributed by atoms with Crippen molar-refractivity contribution in [1.82, 2.24) is 14.9 Å². The van der Waals surface area contributed by atoms with E-state index in [1.165, 1.54) is 0 Å². The molecule has 0 saturated carbocycles. The molecule has 96 valence electrons. The van der Waals surface area contributed by atoms with Crippen molar-refractivity contribution in [3.8, 4) is 0 Å². The number of nitrogens with zero attached hydrogens (tertiary/aromatic N) is 3. The summed E-state index contributed by atoms with van der Waals surface area (Å²) in [6.45, 7) is 4.76. The van der Waals surface area contributed by atoms with Gasteiger partial charge in [0, 0.05) is 19.2 Å². The van der Waals surface area contributed by atoms with Crippen molar-refractivity contribution in [1.29, 1.82) is 0 Å². The third-order valence-electron chi connectivity index (χ3n) is 2.19. The average Bonchev–Trinajstić information content (AvgIpc) is 2.24. The lowest BCUT2D eigenvalue weighted by Crippen LogP contribution is -2.17. The van der Waals surface area contributed by atoms with Gasteiger partial charge in [0.05, 0.1) is 0 Å². The van der Waals surface area contributed by atoms with Crippen LogP contribution in [0.15, 0.2) is 6.07 Å². The van der Waals surface area contributed by atoms with E-state index in [4.69, 9.17) is 5.73 Å². The molecule has 1 aromatic rings. The van der Waals surface area contributed by atoms with E-state index < -0.39 is 0 Å². The Morgan fingerprint density at radius 3 is 2.47 bits per heavy atom. The van der Waals surface area contributed by atoms with Crippen LogP contribution in [0.5, 0.6) is 0 Å². The van der Waals surface area contributed by atoms with Crippen molar-refractivity contribution in [3.63, 3.8) is 0 Å². The van der Waals surface area contributed by atoms with E-state index in [1.807, 2.05) is 13.0 Å². The fraction of sp³-hybridized carbons (Fsp3) is 0.636. The maximum absolute atomic E-state index is 5.63. The first-order chi connectivity index (χ1) is 8.11. The number of nitrogens with two attached hydrogens (primary N) is 1. The Balaban J connectivity index is 2.46. The van der Waals surface area contributed by atoms with E-state index in [2.05, 4.69) is 39.6 Å². The standard InChI is InChI=1S/C11H22N6/c1-4-13-9-8-10(16-11(12)15-9)14-6-5-7-17(2)3/h8H,4-7H2,1-3H3,(H4,12,13,14,15,16). The topological polar surface area (TPSA) is 79.1 Å². The summed E-state index contributed by atoms with van der Waals surface area (Å²) >= 11 is 0. The molecule has 6 heteroatoms. The predicted octanol–water partition coefficient (Wildman–Crippen LogP) is 0.854. The largest absolute Gasteiger partial charge is 0.370 e. The molecule has 0 spiro atoms. The molecule has 0 aliphatic rings. The van der Waals surface area contributed by atoms with Crippen LogP contribution in [0.4, 0.5) is 17.6 Å². The summed E-state index contributed by atoms with van der Waals surface area (Å²) in [5.74, 6) is 1.82. The molecule has 0 saturated heterocycles. The first-order valence-corrected chi connectivity index (χ1v) is 5.89. The summed E-state index contributed by atoms with van der Waals surface area (Å²) in [5.41, 5.74) is 5.63. The fourth-order valence-electron chi connectivity index (χ4n) is 1.44. The minimum absolute atomic E-state index is 0.290. The molecule has 0 aliphatic carbocycles. The molecule has 0 bridgehead atoms. The highest BCUT2D eigenvalue weighted by molar-refractivity contribution is 5.50. The van der Waals surface area contributed by atoms with Crippen molar-refractivity contribution in [3.05, 3.63) is 6.07 Å². The molecular weight excluding hydrogens is 216 g/mol. The predicted molar refractivity (Wildman–Crippen MR) is 72.3 cm³/mol. The van der Waals surface area contributed by atoms with Crippen LogP contribution in [0.25, 0.3) is 0 Å². The van der Waals surface area contributed by atoms with Gasteiger partial charge in [0.15, 0.2) is 0 Å². The fourth-order valence-corrected chi connectivity index (χ4v) is 1.44. The van der Waals surface area contributed by atoms with E-state index >= 15 is 0 Å². The molecule has 6 nitrogen and oxygen atoms in total. The Bertz CT molecular complexity index is 339. The monoisotopic (exact) mass is 238 g/mol. The summed E-state index contributed by atoms with van der Waals surface area (Å²) < 4.78 is 0. The highest BCUT2D eigenvalue weighted by Gasteiger charge is 2.01. The van der Waals surface area contributed by atoms with Crippen LogP contribution < -0.4 is 16.4 Å². The van der Waals surface area contributed by atoms with Gasteiger partial charge >= 0.3 is 0 Å². The zero-order valence-electron chi connectivity index (χ0n) is 10.8. The lowest BCUT2D eigenvalue weighted by molar-refractivity contribution is 0.405. The highest BCUT2D eigenvalue weighted by atomic mass is 15.1. The van der Waals surface area contributed by atoms with Gasteiger partial charge in [0.25, 0.3) is 0 Å². The number of nitrogen functional groups attached to an aromatic ring is 1. The molecule has 0 aromatic carbocycles. The quantitative estimate of drug-likeness (QED) is 0.611. The Labute approximate surface area is 103 Å². The van der Waals surface area contributed by atoms with Crippen LogP contribution in [0.3, 0.4) is 0 Å². The van der Waals surface area contributed by atoms with Crippen molar-refractivity contribution >= 4 is 17.6 Å². The third kappa shape index (κ3) is 5.35. The van der Waals surface area contributed by atoms with Gasteiger partial charge in [-0.2, -0.15) is 9.97 Å². The van der Waals surface area contributed by atoms with Crippen molar-refractivity contribution in [2.75, 3.05) is 50.1 Å². The average molecular weight is 238 g/mol. The van der Waals surface area contributed by atoms with Gasteiger partial charge in [0.2, 0.25) is 5.95 Å². The maximum Gasteiger partial charge on any atom is 0.223 e. The summed E-state index contributed by atoms with van der Waals surface area (Å²) in [4.78, 5) is 10.4. The lowest BCUT2D eigenvalue weighted by atomic mass is 10.4. The molecule has 1 heterocycles. The Morgan fingerprint density at radius 1 is 1.24 bits per heavy atom. The van der Waals surface area contributed by atoms with Crippen LogP contribution in [0.2, 0.25) is 0 Å². The second-order valence-corrected chi connectivity index (χ2v) is 4.11. The van der Waals surface area contributed by atoms with Crippen LogP contribution in [-0.4, -0.2) is 48.6 Å². The third-order valence-corrected chi connectivity index (χ3v) is 2.19. The molecular formula is C11H22N6. The highest BCUT2D eigenvalue weighted by Crippen LogP contribution is 2.11. The minimum Gasteiger partial charge on any atom is -0.370 e. The molecule has 17 heavy (non-hydrogen) atoms. The normalized spacial score (nSPS) is 10.6. The van der Waals surface area contributed by atoms with Crippen molar-refractivity contribution in [2.45, 2.75) is 13.3 Å². The zero-order chi connectivity index (χ0) is 12.7. The van der Waals surface area contributed by atoms with E-state index in [-0.39, 0.29) is 0 Å². The smallest absolute Gasteiger partial charge is 0.223 e. The molecule has 4 N–H and O–H groups in total. The van der Waals surface area contributed by atoms with Crippen molar-refractivity contribution < 1.29 is 0 Å². The number of nitrogens with one attached hydrogen (secondary N) is 2. The molecule has 0 radical (unpaired) electrons. The molecule has 0 aliphatic heterocycles. The van der Waals surface area contributed by atoms with Crippen LogP contribution in [-0.2, 0) is 0 Å². The van der Waals surface area contributed by atoms with Crippen LogP contribution >= 0.6 is 0 Å². The van der Waals surface area contributed by atoms with Crippen LogP contribution in [0, 0.1) is 0 Å². The van der Waals surface area contributed by atoms with Gasteiger partial charge in [-0.15, -0.1) is 0 Å². The van der Waals surface area contributed by atoms with E-state index in [1.54, 1.807) is 0 Å². The van der Waals surface area contributed by atoms with Gasteiger partial charge in [-0.05, 0) is 34.0 Å². The summed E-state index contributed by atoms with van der Waals surface area (Å²) in [6, 6.07) is 1.87. The number of hydrogen-bond donors (Lipinski definition) is 3. The van der Waals surface area contributed by atoms with Crippen molar-refractivity contribution in [2.24, 2.45) is 0 Å². The molecule has 1 aromatic heterocycles. The number of aromatic nitrogens is 2. The Hall–Kier alpha value is -1.56. The second kappa shape index (κ2) is 6.90. The summed E-state index contributed by atoms with van der Waals surface area (Å²) in [5, 5.41) is 6.36. The minimum atomic E-state index is 0.290. The number of anilines is 3. The maximum atomic E-state index is 5.63. The lowest BCUT2D eigenvalue weighted by Gasteiger charge is -2.11. The van der Waals surface area contributed by atoms with E-state index in [9.17, 15) is 0 Å². The van der Waals surface area contributed by atoms with Gasteiger partial charge in [-0.3, -0.25) is 0 Å². The number of rotatable bonds is 7. The Morgan fingerprint density at radius 2 is 1.88 bits per heavy atom. The van der Waals surface area contributed by atoms with E-state index in [0.717, 1.165) is 37.7 Å². The summed E-state index contributed by atoms with van der Waals surface area (Å²) in [7, 11) is 4.12. The molecule has 0 amide bonds. The van der Waals surface area contributed by atoms with Gasteiger partial charge in [0.1, 0.15) is 11.6 Å². The molecule has 0 unspecified atom stereocenters. The number of hydrogen-bond acceptors (Lipinski definition) is 6. The first-order valence-electron chi connectivity index (χ1n) is 5.89. The van der Waals surface area contributed by atoms with Gasteiger partial charge in [-0.1, -0.05) is 0 Å². The SMILES string of the molecule is CCNc1cc(NCCCN(C)C)nc(N)n1. The van der Waals surface area contributed by atoms with Crippen LogP contribution in [0.1, 0.15) is 13.3 Å².